The molecular formula is C15H18N6OS. The summed E-state index contributed by atoms with van der Waals surface area (Å²) in [5.74, 6) is 1.24. The normalized spacial score (nSPS) is 12.3. The van der Waals surface area contributed by atoms with E-state index in [0.29, 0.717) is 24.9 Å². The Morgan fingerprint density at radius 2 is 2.22 bits per heavy atom. The summed E-state index contributed by atoms with van der Waals surface area (Å²) in [6, 6.07) is 7.67. The molecule has 8 heteroatoms. The lowest BCUT2D eigenvalue weighted by atomic mass is 10.3. The second kappa shape index (κ2) is 7.32. The van der Waals surface area contributed by atoms with Gasteiger partial charge in [-0.3, -0.25) is 0 Å². The SMILES string of the molecule is COC[C@H](N)CNc1nccc(Nc2cccc3ncsc23)n1. The molecule has 4 N–H and O–H groups in total. The average molecular weight is 330 g/mol. The van der Waals surface area contributed by atoms with Crippen molar-refractivity contribution >= 4 is 39.0 Å². The van der Waals surface area contributed by atoms with Crippen molar-refractivity contribution in [1.82, 2.24) is 15.0 Å². The molecule has 0 spiro atoms. The summed E-state index contributed by atoms with van der Waals surface area (Å²) < 4.78 is 6.10. The molecule has 7 nitrogen and oxygen atoms in total. The first-order chi connectivity index (χ1) is 11.3. The van der Waals surface area contributed by atoms with Crippen molar-refractivity contribution < 1.29 is 4.74 Å². The highest BCUT2D eigenvalue weighted by molar-refractivity contribution is 7.17. The molecule has 1 aromatic carbocycles. The predicted octanol–water partition coefficient (Wildman–Crippen LogP) is 2.22. The predicted molar refractivity (Wildman–Crippen MR) is 93.3 cm³/mol. The number of nitrogens with zero attached hydrogens (tertiary/aromatic N) is 3. The Morgan fingerprint density at radius 3 is 3.09 bits per heavy atom. The summed E-state index contributed by atoms with van der Waals surface area (Å²) in [6.45, 7) is 1.03. The van der Waals surface area contributed by atoms with Crippen LogP contribution in [0, 0.1) is 0 Å². The molecular weight excluding hydrogens is 312 g/mol. The summed E-state index contributed by atoms with van der Waals surface area (Å²) in [6.07, 6.45) is 1.70. The fourth-order valence-electron chi connectivity index (χ4n) is 2.13. The lowest BCUT2D eigenvalue weighted by Gasteiger charge is -2.12. The number of nitrogens with two attached hydrogens (primary N) is 1. The highest BCUT2D eigenvalue weighted by Crippen LogP contribution is 2.28. The van der Waals surface area contributed by atoms with Crippen molar-refractivity contribution in [1.29, 1.82) is 0 Å². The molecule has 0 fully saturated rings. The van der Waals surface area contributed by atoms with Gasteiger partial charge in [0.25, 0.3) is 0 Å². The minimum Gasteiger partial charge on any atom is -0.383 e. The van der Waals surface area contributed by atoms with Gasteiger partial charge in [0, 0.05) is 25.9 Å². The maximum atomic E-state index is 5.88. The van der Waals surface area contributed by atoms with E-state index in [9.17, 15) is 0 Å². The van der Waals surface area contributed by atoms with Gasteiger partial charge in [0.1, 0.15) is 5.82 Å². The third-order valence-corrected chi connectivity index (χ3v) is 4.05. The monoisotopic (exact) mass is 330 g/mol. The summed E-state index contributed by atoms with van der Waals surface area (Å²) in [5.41, 5.74) is 9.66. The molecule has 0 aliphatic carbocycles. The van der Waals surface area contributed by atoms with Crippen LogP contribution in [0.5, 0.6) is 0 Å². The fourth-order valence-corrected chi connectivity index (χ4v) is 2.89. The molecule has 3 rings (SSSR count). The van der Waals surface area contributed by atoms with E-state index < -0.39 is 0 Å². The third-order valence-electron chi connectivity index (χ3n) is 3.18. The molecule has 2 heterocycles. The minimum absolute atomic E-state index is 0.105. The number of ether oxygens (including phenoxy) is 1. The molecule has 3 aromatic rings. The number of fused-ring (bicyclic) bond motifs is 1. The van der Waals surface area contributed by atoms with Gasteiger partial charge >= 0.3 is 0 Å². The van der Waals surface area contributed by atoms with Gasteiger partial charge in [-0.05, 0) is 18.2 Å². The number of aromatic nitrogens is 3. The molecule has 2 aromatic heterocycles. The number of anilines is 3. The number of rotatable bonds is 7. The first-order valence-electron chi connectivity index (χ1n) is 7.17. The van der Waals surface area contributed by atoms with Gasteiger partial charge in [-0.15, -0.1) is 11.3 Å². The number of benzene rings is 1. The van der Waals surface area contributed by atoms with Crippen molar-refractivity contribution in [3.63, 3.8) is 0 Å². The van der Waals surface area contributed by atoms with Crippen molar-refractivity contribution in [2.75, 3.05) is 30.9 Å². The summed E-state index contributed by atoms with van der Waals surface area (Å²) in [5, 5.41) is 6.42. The summed E-state index contributed by atoms with van der Waals surface area (Å²) >= 11 is 1.59. The molecule has 1 atom stereocenters. The lowest BCUT2D eigenvalue weighted by molar-refractivity contribution is 0.183. The highest BCUT2D eigenvalue weighted by atomic mass is 32.1. The van der Waals surface area contributed by atoms with Crippen LogP contribution in [-0.2, 0) is 4.74 Å². The molecule has 0 unspecified atom stereocenters. The summed E-state index contributed by atoms with van der Waals surface area (Å²) in [7, 11) is 1.63. The second-order valence-corrected chi connectivity index (χ2v) is 5.85. The van der Waals surface area contributed by atoms with Gasteiger partial charge < -0.3 is 21.1 Å². The molecule has 120 valence electrons. The smallest absolute Gasteiger partial charge is 0.224 e. The Morgan fingerprint density at radius 1 is 1.30 bits per heavy atom. The Kier molecular flexibility index (Phi) is 4.96. The second-order valence-electron chi connectivity index (χ2n) is 4.99. The lowest BCUT2D eigenvalue weighted by Crippen LogP contribution is -2.33. The van der Waals surface area contributed by atoms with E-state index in [1.807, 2.05) is 29.8 Å². The zero-order valence-electron chi connectivity index (χ0n) is 12.7. The number of methoxy groups -OCH3 is 1. The van der Waals surface area contributed by atoms with Gasteiger partial charge in [0.15, 0.2) is 0 Å². The van der Waals surface area contributed by atoms with Crippen molar-refractivity contribution in [2.45, 2.75) is 6.04 Å². The number of nitrogens with one attached hydrogen (secondary N) is 2. The van der Waals surface area contributed by atoms with Gasteiger partial charge in [-0.1, -0.05) is 6.07 Å². The largest absolute Gasteiger partial charge is 0.383 e. The molecule has 0 radical (unpaired) electrons. The van der Waals surface area contributed by atoms with E-state index >= 15 is 0 Å². The molecule has 0 bridgehead atoms. The zero-order chi connectivity index (χ0) is 16.1. The van der Waals surface area contributed by atoms with Gasteiger partial charge in [0.05, 0.1) is 28.0 Å². The standard InChI is InChI=1S/C15H18N6OS/c1-22-8-10(16)7-18-15-17-6-5-13(21-15)20-12-4-2-3-11-14(12)23-9-19-11/h2-6,9-10H,7-8,16H2,1H3,(H2,17,18,20,21)/t10-/m1/s1. The first-order valence-corrected chi connectivity index (χ1v) is 8.05. The third kappa shape index (κ3) is 3.92. The van der Waals surface area contributed by atoms with Crippen molar-refractivity contribution in [3.05, 3.63) is 36.0 Å². The van der Waals surface area contributed by atoms with Crippen LogP contribution in [0.2, 0.25) is 0 Å². The van der Waals surface area contributed by atoms with Crippen LogP contribution in [-0.4, -0.2) is 41.3 Å². The van der Waals surface area contributed by atoms with E-state index in [1.54, 1.807) is 24.6 Å². The van der Waals surface area contributed by atoms with Crippen LogP contribution in [0.4, 0.5) is 17.5 Å². The van der Waals surface area contributed by atoms with Crippen LogP contribution >= 0.6 is 11.3 Å². The van der Waals surface area contributed by atoms with Gasteiger partial charge in [0.2, 0.25) is 5.95 Å². The Labute approximate surface area is 137 Å². The van der Waals surface area contributed by atoms with Crippen molar-refractivity contribution in [2.24, 2.45) is 5.73 Å². The molecule has 23 heavy (non-hydrogen) atoms. The van der Waals surface area contributed by atoms with E-state index in [4.69, 9.17) is 10.5 Å². The number of thiazole rings is 1. The number of hydrogen-bond acceptors (Lipinski definition) is 8. The van der Waals surface area contributed by atoms with Crippen LogP contribution in [0.3, 0.4) is 0 Å². The summed E-state index contributed by atoms with van der Waals surface area (Å²) in [4.78, 5) is 13.0. The van der Waals surface area contributed by atoms with Crippen LogP contribution in [0.15, 0.2) is 36.0 Å². The van der Waals surface area contributed by atoms with E-state index in [0.717, 1.165) is 15.9 Å². The average Bonchev–Trinajstić information content (AvgIpc) is 3.03. The van der Waals surface area contributed by atoms with E-state index in [1.165, 1.54) is 0 Å². The van der Waals surface area contributed by atoms with Crippen LogP contribution in [0.1, 0.15) is 0 Å². The first kappa shape index (κ1) is 15.6. The fraction of sp³-hybridized carbons (Fsp3) is 0.267. The molecule has 0 amide bonds. The van der Waals surface area contributed by atoms with Crippen molar-refractivity contribution in [3.8, 4) is 0 Å². The van der Waals surface area contributed by atoms with Gasteiger partial charge in [-0.2, -0.15) is 4.98 Å². The number of hydrogen-bond donors (Lipinski definition) is 3. The molecule has 0 aliphatic rings. The Balaban J connectivity index is 1.71. The van der Waals surface area contributed by atoms with Crippen LogP contribution in [0.25, 0.3) is 10.2 Å². The molecule has 0 saturated heterocycles. The van der Waals surface area contributed by atoms with E-state index in [-0.39, 0.29) is 6.04 Å². The maximum absolute atomic E-state index is 5.88. The maximum Gasteiger partial charge on any atom is 0.224 e. The Bertz CT molecular complexity index is 777. The quantitative estimate of drug-likeness (QED) is 0.611. The zero-order valence-corrected chi connectivity index (χ0v) is 13.5. The molecule has 0 saturated carbocycles. The minimum atomic E-state index is -0.105. The highest BCUT2D eigenvalue weighted by Gasteiger charge is 2.06. The molecule has 0 aliphatic heterocycles. The Hall–Kier alpha value is -2.29. The van der Waals surface area contributed by atoms with Gasteiger partial charge in [-0.25, -0.2) is 9.97 Å². The topological polar surface area (TPSA) is 98.0 Å². The van der Waals surface area contributed by atoms with E-state index in [2.05, 4.69) is 25.6 Å². The van der Waals surface area contributed by atoms with Crippen LogP contribution < -0.4 is 16.4 Å².